The van der Waals surface area contributed by atoms with Gasteiger partial charge in [-0.2, -0.15) is 4.99 Å². The molecule has 1 heterocycles. The first-order valence-electron chi connectivity index (χ1n) is 8.84. The topological polar surface area (TPSA) is 32.7 Å². The Kier molecular flexibility index (Phi) is 4.54. The molecular weight excluding hydrogens is 356 g/mol. The summed E-state index contributed by atoms with van der Waals surface area (Å²) < 4.78 is 0. The molecule has 3 aromatic rings. The highest BCUT2D eigenvalue weighted by Crippen LogP contribution is 2.30. The molecule has 0 aliphatic carbocycles. The Balaban J connectivity index is 1.80. The number of aliphatic imine (C=N–C) groups is 1. The van der Waals surface area contributed by atoms with Crippen LogP contribution in [0.15, 0.2) is 71.7 Å². The number of amidine groups is 1. The van der Waals surface area contributed by atoms with Gasteiger partial charge in [0.05, 0.1) is 6.54 Å². The molecule has 0 radical (unpaired) electrons. The minimum Gasteiger partial charge on any atom is -0.321 e. The smallest absolute Gasteiger partial charge is 0.278 e. The number of aryl methyl sites for hydroxylation is 2. The molecular formula is C23H19ClN2O. The van der Waals surface area contributed by atoms with Crippen molar-refractivity contribution >= 4 is 29.0 Å². The second kappa shape index (κ2) is 7.01. The number of rotatable bonds is 2. The molecule has 27 heavy (non-hydrogen) atoms. The molecule has 4 rings (SSSR count). The van der Waals surface area contributed by atoms with Gasteiger partial charge in [-0.1, -0.05) is 41.9 Å². The van der Waals surface area contributed by atoms with E-state index in [1.54, 1.807) is 24.3 Å². The lowest BCUT2D eigenvalue weighted by atomic mass is 10.1. The van der Waals surface area contributed by atoms with Gasteiger partial charge in [-0.05, 0) is 66.9 Å². The molecule has 134 valence electrons. The molecule has 0 bridgehead atoms. The third-order valence-corrected chi connectivity index (χ3v) is 4.91. The van der Waals surface area contributed by atoms with Gasteiger partial charge in [0.2, 0.25) is 0 Å². The fourth-order valence-electron chi connectivity index (χ4n) is 3.46. The highest BCUT2D eigenvalue weighted by atomic mass is 35.5. The number of hydrogen-bond donors (Lipinski definition) is 0. The number of nitrogens with zero attached hydrogens (tertiary/aromatic N) is 2. The van der Waals surface area contributed by atoms with E-state index >= 15 is 0 Å². The number of benzene rings is 3. The van der Waals surface area contributed by atoms with Gasteiger partial charge in [0.25, 0.3) is 5.91 Å². The largest absolute Gasteiger partial charge is 0.321 e. The lowest BCUT2D eigenvalue weighted by molar-refractivity contribution is 0.100. The number of hydrogen-bond acceptors (Lipinski definition) is 1. The zero-order chi connectivity index (χ0) is 19.0. The normalized spacial score (nSPS) is 14.5. The van der Waals surface area contributed by atoms with Gasteiger partial charge in [0.15, 0.2) is 0 Å². The SMILES string of the molecule is Cc1cc(C)cc(N2Cc3ccccc3C2=NC(=O)c2ccc(Cl)cc2)c1. The van der Waals surface area contributed by atoms with Crippen LogP contribution in [0.1, 0.15) is 32.6 Å². The Morgan fingerprint density at radius 2 is 1.63 bits per heavy atom. The number of amides is 1. The van der Waals surface area contributed by atoms with Gasteiger partial charge in [-0.25, -0.2) is 0 Å². The van der Waals surface area contributed by atoms with Crippen LogP contribution in [-0.4, -0.2) is 11.7 Å². The molecule has 0 fully saturated rings. The third kappa shape index (κ3) is 3.51. The van der Waals surface area contributed by atoms with Crippen molar-refractivity contribution in [1.29, 1.82) is 0 Å². The molecule has 1 aliphatic heterocycles. The van der Waals surface area contributed by atoms with Crippen LogP contribution in [0.25, 0.3) is 0 Å². The molecule has 0 unspecified atom stereocenters. The maximum Gasteiger partial charge on any atom is 0.278 e. The Hall–Kier alpha value is -2.91. The van der Waals surface area contributed by atoms with Gasteiger partial charge in [0, 0.05) is 21.8 Å². The molecule has 0 saturated heterocycles. The highest BCUT2D eigenvalue weighted by Gasteiger charge is 2.27. The third-order valence-electron chi connectivity index (χ3n) is 4.66. The fourth-order valence-corrected chi connectivity index (χ4v) is 3.59. The van der Waals surface area contributed by atoms with Crippen LogP contribution in [-0.2, 0) is 6.54 Å². The molecule has 1 aliphatic rings. The van der Waals surface area contributed by atoms with Gasteiger partial charge in [-0.15, -0.1) is 0 Å². The predicted molar refractivity (Wildman–Crippen MR) is 111 cm³/mol. The van der Waals surface area contributed by atoms with Crippen LogP contribution >= 0.6 is 11.6 Å². The summed E-state index contributed by atoms with van der Waals surface area (Å²) in [5, 5.41) is 0.599. The first kappa shape index (κ1) is 17.5. The zero-order valence-electron chi connectivity index (χ0n) is 15.2. The maximum absolute atomic E-state index is 12.8. The van der Waals surface area contributed by atoms with Crippen LogP contribution in [0, 0.1) is 13.8 Å². The first-order chi connectivity index (χ1) is 13.0. The van der Waals surface area contributed by atoms with E-state index < -0.39 is 0 Å². The van der Waals surface area contributed by atoms with Crippen LogP contribution in [0.3, 0.4) is 0 Å². The van der Waals surface area contributed by atoms with Crippen molar-refractivity contribution in [2.24, 2.45) is 4.99 Å². The van der Waals surface area contributed by atoms with Crippen LogP contribution in [0.2, 0.25) is 5.02 Å². The van der Waals surface area contributed by atoms with Crippen molar-refractivity contribution in [2.75, 3.05) is 4.90 Å². The van der Waals surface area contributed by atoms with E-state index in [9.17, 15) is 4.79 Å². The summed E-state index contributed by atoms with van der Waals surface area (Å²) in [6.45, 7) is 4.86. The van der Waals surface area contributed by atoms with Gasteiger partial charge >= 0.3 is 0 Å². The zero-order valence-corrected chi connectivity index (χ0v) is 16.0. The Labute approximate surface area is 163 Å². The molecule has 3 nitrogen and oxygen atoms in total. The van der Waals surface area contributed by atoms with Crippen LogP contribution < -0.4 is 4.90 Å². The number of fused-ring (bicyclic) bond motifs is 1. The lowest BCUT2D eigenvalue weighted by Gasteiger charge is -2.20. The molecule has 4 heteroatoms. The Bertz CT molecular complexity index is 1030. The summed E-state index contributed by atoms with van der Waals surface area (Å²) in [6, 6.07) is 21.3. The molecule has 0 aromatic heterocycles. The first-order valence-corrected chi connectivity index (χ1v) is 9.22. The quantitative estimate of drug-likeness (QED) is 0.587. The summed E-state index contributed by atoms with van der Waals surface area (Å²) in [5.41, 5.74) is 6.11. The Morgan fingerprint density at radius 1 is 0.963 bits per heavy atom. The van der Waals surface area contributed by atoms with E-state index in [4.69, 9.17) is 11.6 Å². The average Bonchev–Trinajstić information content (AvgIpc) is 3.00. The van der Waals surface area contributed by atoms with Crippen molar-refractivity contribution in [3.63, 3.8) is 0 Å². The monoisotopic (exact) mass is 374 g/mol. The van der Waals surface area contributed by atoms with E-state index in [0.29, 0.717) is 23.0 Å². The van der Waals surface area contributed by atoms with Crippen molar-refractivity contribution < 1.29 is 4.79 Å². The molecule has 0 saturated carbocycles. The summed E-state index contributed by atoms with van der Waals surface area (Å²) in [4.78, 5) is 19.4. The Morgan fingerprint density at radius 3 is 2.33 bits per heavy atom. The van der Waals surface area contributed by atoms with E-state index in [0.717, 1.165) is 11.3 Å². The summed E-state index contributed by atoms with van der Waals surface area (Å²) in [7, 11) is 0. The van der Waals surface area contributed by atoms with Crippen molar-refractivity contribution in [3.8, 4) is 0 Å². The minimum atomic E-state index is -0.271. The summed E-state index contributed by atoms with van der Waals surface area (Å²) in [6.07, 6.45) is 0. The molecule has 3 aromatic carbocycles. The number of carbonyl (C=O) groups is 1. The highest BCUT2D eigenvalue weighted by molar-refractivity contribution is 6.30. The molecule has 1 amide bonds. The molecule has 0 spiro atoms. The summed E-state index contributed by atoms with van der Waals surface area (Å²) >= 11 is 5.93. The summed E-state index contributed by atoms with van der Waals surface area (Å²) in [5.74, 6) is 0.420. The number of anilines is 1. The van der Waals surface area contributed by atoms with Gasteiger partial charge in [0.1, 0.15) is 5.84 Å². The van der Waals surface area contributed by atoms with Crippen molar-refractivity contribution in [1.82, 2.24) is 0 Å². The molecule has 0 N–H and O–H groups in total. The minimum absolute atomic E-state index is 0.271. The maximum atomic E-state index is 12.8. The van der Waals surface area contributed by atoms with Crippen molar-refractivity contribution in [3.05, 3.63) is 99.6 Å². The second-order valence-corrected chi connectivity index (χ2v) is 7.27. The van der Waals surface area contributed by atoms with E-state index in [2.05, 4.69) is 48.0 Å². The predicted octanol–water partition coefficient (Wildman–Crippen LogP) is 5.56. The average molecular weight is 375 g/mol. The van der Waals surface area contributed by atoms with Crippen LogP contribution in [0.5, 0.6) is 0 Å². The fraction of sp³-hybridized carbons (Fsp3) is 0.130. The standard InChI is InChI=1S/C23H19ClN2O/c1-15-11-16(2)13-20(12-15)26-14-18-5-3-4-6-21(18)22(26)25-23(27)17-7-9-19(24)10-8-17/h3-13H,14H2,1-2H3. The van der Waals surface area contributed by atoms with E-state index in [1.807, 2.05) is 18.2 Å². The molecule has 0 atom stereocenters. The lowest BCUT2D eigenvalue weighted by Crippen LogP contribution is -2.25. The van der Waals surface area contributed by atoms with Gasteiger partial charge in [-0.3, -0.25) is 4.79 Å². The van der Waals surface area contributed by atoms with E-state index in [-0.39, 0.29) is 5.91 Å². The number of halogens is 1. The van der Waals surface area contributed by atoms with Gasteiger partial charge < -0.3 is 4.90 Å². The second-order valence-electron chi connectivity index (χ2n) is 6.84. The number of carbonyl (C=O) groups excluding carboxylic acids is 1. The van der Waals surface area contributed by atoms with Crippen LogP contribution in [0.4, 0.5) is 5.69 Å². The van der Waals surface area contributed by atoms with Crippen molar-refractivity contribution in [2.45, 2.75) is 20.4 Å². The van der Waals surface area contributed by atoms with E-state index in [1.165, 1.54) is 16.7 Å².